The second-order valence-electron chi connectivity index (χ2n) is 6.64. The molecule has 27 heavy (non-hydrogen) atoms. The summed E-state index contributed by atoms with van der Waals surface area (Å²) in [5, 5.41) is 5.83. The topological polar surface area (TPSA) is 62.8 Å². The Bertz CT molecular complexity index is 745. The summed E-state index contributed by atoms with van der Waals surface area (Å²) < 4.78 is 10.5. The van der Waals surface area contributed by atoms with Gasteiger partial charge in [0.15, 0.2) is 11.5 Å². The molecule has 146 valence electrons. The van der Waals surface area contributed by atoms with Crippen molar-refractivity contribution in [3.63, 3.8) is 0 Å². The van der Waals surface area contributed by atoms with Crippen LogP contribution in [0, 0.1) is 6.92 Å². The lowest BCUT2D eigenvalue weighted by Crippen LogP contribution is -2.40. The van der Waals surface area contributed by atoms with Gasteiger partial charge in [0.25, 0.3) is 0 Å². The Balaban J connectivity index is 1.90. The molecule has 0 aliphatic rings. The van der Waals surface area contributed by atoms with Gasteiger partial charge >= 0.3 is 6.03 Å². The predicted molar refractivity (Wildman–Crippen MR) is 107 cm³/mol. The third kappa shape index (κ3) is 5.89. The molecule has 2 aromatic rings. The van der Waals surface area contributed by atoms with E-state index in [-0.39, 0.29) is 12.1 Å². The molecule has 2 rings (SSSR count). The maximum Gasteiger partial charge on any atom is 0.315 e. The first-order valence-corrected chi connectivity index (χ1v) is 8.90. The molecule has 6 heteroatoms. The van der Waals surface area contributed by atoms with Gasteiger partial charge < -0.3 is 25.0 Å². The lowest BCUT2D eigenvalue weighted by atomic mass is 10.0. The number of ether oxygens (including phenoxy) is 2. The van der Waals surface area contributed by atoms with E-state index in [0.717, 1.165) is 5.56 Å². The van der Waals surface area contributed by atoms with Crippen molar-refractivity contribution in [1.82, 2.24) is 15.5 Å². The average molecular weight is 371 g/mol. The highest BCUT2D eigenvalue weighted by molar-refractivity contribution is 5.73. The maximum atomic E-state index is 12.2. The number of methoxy groups -OCH3 is 2. The monoisotopic (exact) mass is 371 g/mol. The molecule has 6 nitrogen and oxygen atoms in total. The average Bonchev–Trinajstić information content (AvgIpc) is 2.67. The molecule has 2 aromatic carbocycles. The van der Waals surface area contributed by atoms with E-state index in [1.54, 1.807) is 14.2 Å². The predicted octanol–water partition coefficient (Wildman–Crippen LogP) is 3.11. The molecular formula is C21H29N3O3. The molecule has 2 amide bonds. The fourth-order valence-corrected chi connectivity index (χ4v) is 2.81. The Labute approximate surface area is 161 Å². The van der Waals surface area contributed by atoms with E-state index in [0.29, 0.717) is 24.6 Å². The molecule has 0 aliphatic carbocycles. The van der Waals surface area contributed by atoms with Gasteiger partial charge in [-0.1, -0.05) is 35.9 Å². The van der Waals surface area contributed by atoms with E-state index in [1.165, 1.54) is 11.1 Å². The summed E-state index contributed by atoms with van der Waals surface area (Å²) in [5.41, 5.74) is 3.33. The Morgan fingerprint density at radius 1 is 1.00 bits per heavy atom. The number of likely N-dealkylation sites (N-methyl/N-ethyl adjacent to an activating group) is 1. The summed E-state index contributed by atoms with van der Waals surface area (Å²) in [4.78, 5) is 14.3. The zero-order valence-electron chi connectivity index (χ0n) is 16.7. The number of carbonyl (C=O) groups excluding carboxylic acids is 1. The van der Waals surface area contributed by atoms with Crippen LogP contribution in [0.4, 0.5) is 4.79 Å². The van der Waals surface area contributed by atoms with Gasteiger partial charge in [-0.05, 0) is 44.3 Å². The quantitative estimate of drug-likeness (QED) is 0.748. The van der Waals surface area contributed by atoms with Crippen LogP contribution < -0.4 is 20.1 Å². The molecule has 1 unspecified atom stereocenters. The van der Waals surface area contributed by atoms with Crippen LogP contribution in [0.2, 0.25) is 0 Å². The lowest BCUT2D eigenvalue weighted by molar-refractivity contribution is 0.232. The first kappa shape index (κ1) is 20.6. The summed E-state index contributed by atoms with van der Waals surface area (Å²) in [6.45, 7) is 2.99. The molecule has 0 saturated carbocycles. The van der Waals surface area contributed by atoms with E-state index < -0.39 is 0 Å². The summed E-state index contributed by atoms with van der Waals surface area (Å²) in [5.74, 6) is 1.31. The third-order valence-corrected chi connectivity index (χ3v) is 4.44. The lowest BCUT2D eigenvalue weighted by Gasteiger charge is -2.25. The third-order valence-electron chi connectivity index (χ3n) is 4.44. The van der Waals surface area contributed by atoms with Crippen LogP contribution in [0.1, 0.15) is 22.7 Å². The van der Waals surface area contributed by atoms with Gasteiger partial charge in [-0.3, -0.25) is 0 Å². The first-order valence-electron chi connectivity index (χ1n) is 8.90. The summed E-state index contributed by atoms with van der Waals surface area (Å²) in [6.07, 6.45) is 0. The summed E-state index contributed by atoms with van der Waals surface area (Å²) in [6, 6.07) is 13.9. The van der Waals surface area contributed by atoms with Gasteiger partial charge in [0.1, 0.15) is 0 Å². The standard InChI is InChI=1S/C21H29N3O3/c1-15-6-9-17(10-7-15)18(24(2)3)14-23-21(25)22-13-16-8-11-19(26-4)20(12-16)27-5/h6-12,18H,13-14H2,1-5H3,(H2,22,23,25). The Morgan fingerprint density at radius 2 is 1.67 bits per heavy atom. The minimum absolute atomic E-state index is 0.109. The number of aryl methyl sites for hydroxylation is 1. The highest BCUT2D eigenvalue weighted by Gasteiger charge is 2.15. The summed E-state index contributed by atoms with van der Waals surface area (Å²) in [7, 11) is 7.20. The zero-order valence-corrected chi connectivity index (χ0v) is 16.7. The largest absolute Gasteiger partial charge is 0.493 e. The molecule has 0 heterocycles. The van der Waals surface area contributed by atoms with Gasteiger partial charge in [0.2, 0.25) is 0 Å². The Hall–Kier alpha value is -2.73. The number of amides is 2. The summed E-state index contributed by atoms with van der Waals surface area (Å²) >= 11 is 0. The van der Waals surface area contributed by atoms with Gasteiger partial charge in [-0.15, -0.1) is 0 Å². The van der Waals surface area contributed by atoms with E-state index >= 15 is 0 Å². The number of nitrogens with zero attached hydrogens (tertiary/aromatic N) is 1. The second-order valence-corrected chi connectivity index (χ2v) is 6.64. The maximum absolute atomic E-state index is 12.2. The number of carbonyl (C=O) groups is 1. The van der Waals surface area contributed by atoms with Crippen LogP contribution in [0.25, 0.3) is 0 Å². The molecule has 2 N–H and O–H groups in total. The van der Waals surface area contributed by atoms with Crippen LogP contribution in [0.3, 0.4) is 0 Å². The SMILES string of the molecule is COc1ccc(CNC(=O)NCC(c2ccc(C)cc2)N(C)C)cc1OC. The Morgan fingerprint density at radius 3 is 2.26 bits per heavy atom. The first-order chi connectivity index (χ1) is 12.9. The van der Waals surface area contributed by atoms with Gasteiger partial charge in [0, 0.05) is 13.1 Å². The molecule has 0 spiro atoms. The highest BCUT2D eigenvalue weighted by Crippen LogP contribution is 2.27. The molecular weight excluding hydrogens is 342 g/mol. The Kier molecular flexibility index (Phi) is 7.49. The van der Waals surface area contributed by atoms with Crippen molar-refractivity contribution >= 4 is 6.03 Å². The minimum Gasteiger partial charge on any atom is -0.493 e. The number of rotatable bonds is 8. The van der Waals surface area contributed by atoms with Crippen LogP contribution in [-0.4, -0.2) is 45.8 Å². The normalized spacial score (nSPS) is 11.8. The molecule has 0 radical (unpaired) electrons. The molecule has 0 aromatic heterocycles. The van der Waals surface area contributed by atoms with Gasteiger partial charge in [-0.25, -0.2) is 4.79 Å². The molecule has 1 atom stereocenters. The van der Waals surface area contributed by atoms with Crippen LogP contribution in [0.5, 0.6) is 11.5 Å². The van der Waals surface area contributed by atoms with Crippen LogP contribution in [0.15, 0.2) is 42.5 Å². The van der Waals surface area contributed by atoms with Crippen molar-refractivity contribution in [3.8, 4) is 11.5 Å². The number of benzene rings is 2. The van der Waals surface area contributed by atoms with Crippen molar-refractivity contribution in [2.45, 2.75) is 19.5 Å². The second kappa shape index (κ2) is 9.83. The molecule has 0 saturated heterocycles. The van der Waals surface area contributed by atoms with Crippen molar-refractivity contribution in [3.05, 3.63) is 59.2 Å². The van der Waals surface area contributed by atoms with E-state index in [4.69, 9.17) is 9.47 Å². The van der Waals surface area contributed by atoms with E-state index in [2.05, 4.69) is 46.7 Å². The molecule has 0 aliphatic heterocycles. The van der Waals surface area contributed by atoms with Gasteiger partial charge in [0.05, 0.1) is 20.3 Å². The van der Waals surface area contributed by atoms with Crippen molar-refractivity contribution in [2.24, 2.45) is 0 Å². The van der Waals surface area contributed by atoms with Crippen LogP contribution >= 0.6 is 0 Å². The molecule has 0 bridgehead atoms. The molecule has 0 fully saturated rings. The smallest absolute Gasteiger partial charge is 0.315 e. The zero-order chi connectivity index (χ0) is 19.8. The number of hydrogen-bond acceptors (Lipinski definition) is 4. The van der Waals surface area contributed by atoms with Crippen LogP contribution in [-0.2, 0) is 6.54 Å². The fraction of sp³-hybridized carbons (Fsp3) is 0.381. The number of hydrogen-bond donors (Lipinski definition) is 2. The fourth-order valence-electron chi connectivity index (χ4n) is 2.81. The van der Waals surface area contributed by atoms with E-state index in [1.807, 2.05) is 32.3 Å². The van der Waals surface area contributed by atoms with Crippen molar-refractivity contribution in [2.75, 3.05) is 34.9 Å². The highest BCUT2D eigenvalue weighted by atomic mass is 16.5. The number of urea groups is 1. The minimum atomic E-state index is -0.205. The van der Waals surface area contributed by atoms with Crippen molar-refractivity contribution < 1.29 is 14.3 Å². The van der Waals surface area contributed by atoms with E-state index in [9.17, 15) is 4.79 Å². The number of nitrogens with one attached hydrogen (secondary N) is 2. The van der Waals surface area contributed by atoms with Gasteiger partial charge in [-0.2, -0.15) is 0 Å². The van der Waals surface area contributed by atoms with Crippen molar-refractivity contribution in [1.29, 1.82) is 0 Å².